The minimum atomic E-state index is -0.357. The van der Waals surface area contributed by atoms with E-state index in [0.717, 1.165) is 25.9 Å². The van der Waals surface area contributed by atoms with Gasteiger partial charge in [0.1, 0.15) is 0 Å². The van der Waals surface area contributed by atoms with Crippen molar-refractivity contribution < 1.29 is 4.79 Å². The Labute approximate surface area is 118 Å². The number of hydrogen-bond acceptors (Lipinski definition) is 3. The standard InChI is InChI=1S/C15H31N3O/c1-5-15(6-2,12-16)14(19)17(4)11-13-9-8-10-18(13)7-3/h13H,5-12,16H2,1-4H3. The van der Waals surface area contributed by atoms with E-state index in [1.807, 2.05) is 11.9 Å². The number of carbonyl (C=O) groups is 1. The largest absolute Gasteiger partial charge is 0.344 e. The van der Waals surface area contributed by atoms with E-state index in [9.17, 15) is 4.79 Å². The molecule has 0 aromatic rings. The maximum absolute atomic E-state index is 12.7. The molecular weight excluding hydrogens is 238 g/mol. The first-order chi connectivity index (χ1) is 9.04. The van der Waals surface area contributed by atoms with Gasteiger partial charge in [-0.25, -0.2) is 0 Å². The van der Waals surface area contributed by atoms with E-state index in [-0.39, 0.29) is 11.3 Å². The summed E-state index contributed by atoms with van der Waals surface area (Å²) in [6, 6.07) is 0.531. The molecule has 0 saturated carbocycles. The van der Waals surface area contributed by atoms with Crippen LogP contribution in [0.4, 0.5) is 0 Å². The molecule has 1 heterocycles. The van der Waals surface area contributed by atoms with Gasteiger partial charge in [0.05, 0.1) is 5.41 Å². The van der Waals surface area contributed by atoms with E-state index >= 15 is 0 Å². The second-order valence-electron chi connectivity index (χ2n) is 5.80. The molecule has 1 aliphatic heterocycles. The van der Waals surface area contributed by atoms with Gasteiger partial charge < -0.3 is 10.6 Å². The van der Waals surface area contributed by atoms with Crippen LogP contribution in [-0.4, -0.2) is 55.0 Å². The first kappa shape index (κ1) is 16.4. The van der Waals surface area contributed by atoms with E-state index in [1.165, 1.54) is 19.4 Å². The summed E-state index contributed by atoms with van der Waals surface area (Å²) in [6.45, 7) is 9.87. The van der Waals surface area contributed by atoms with Gasteiger partial charge in [-0.15, -0.1) is 0 Å². The molecule has 0 bridgehead atoms. The van der Waals surface area contributed by atoms with Gasteiger partial charge in [-0.2, -0.15) is 0 Å². The molecule has 4 heteroatoms. The Balaban J connectivity index is 2.66. The highest BCUT2D eigenvalue weighted by molar-refractivity contribution is 5.82. The molecule has 1 saturated heterocycles. The molecule has 0 aliphatic carbocycles. The second-order valence-corrected chi connectivity index (χ2v) is 5.80. The van der Waals surface area contributed by atoms with Gasteiger partial charge in [-0.3, -0.25) is 9.69 Å². The third kappa shape index (κ3) is 3.48. The molecule has 0 aromatic carbocycles. The molecule has 1 atom stereocenters. The summed E-state index contributed by atoms with van der Waals surface area (Å²) in [6.07, 6.45) is 4.11. The SMILES string of the molecule is CCN1CCCC1CN(C)C(=O)C(CC)(CC)CN. The van der Waals surface area contributed by atoms with Crippen molar-refractivity contribution in [2.24, 2.45) is 11.1 Å². The van der Waals surface area contributed by atoms with E-state index in [4.69, 9.17) is 5.73 Å². The summed E-state index contributed by atoms with van der Waals surface area (Å²) in [5, 5.41) is 0. The molecule has 1 amide bonds. The van der Waals surface area contributed by atoms with Crippen LogP contribution >= 0.6 is 0 Å². The zero-order chi connectivity index (χ0) is 14.5. The van der Waals surface area contributed by atoms with Crippen LogP contribution in [0.15, 0.2) is 0 Å². The van der Waals surface area contributed by atoms with E-state index in [0.29, 0.717) is 12.6 Å². The quantitative estimate of drug-likeness (QED) is 0.765. The lowest BCUT2D eigenvalue weighted by Gasteiger charge is -2.35. The van der Waals surface area contributed by atoms with E-state index in [2.05, 4.69) is 25.7 Å². The predicted octanol–water partition coefficient (Wildman–Crippen LogP) is 1.69. The highest BCUT2D eigenvalue weighted by Crippen LogP contribution is 2.28. The zero-order valence-electron chi connectivity index (χ0n) is 13.1. The lowest BCUT2D eigenvalue weighted by atomic mass is 9.81. The summed E-state index contributed by atoms with van der Waals surface area (Å²) in [5.74, 6) is 0.225. The molecular formula is C15H31N3O. The Kier molecular flexibility index (Phi) is 6.27. The maximum atomic E-state index is 12.7. The molecule has 4 nitrogen and oxygen atoms in total. The van der Waals surface area contributed by atoms with Crippen molar-refractivity contribution >= 4 is 5.91 Å². The Bertz CT molecular complexity index is 281. The first-order valence-corrected chi connectivity index (χ1v) is 7.74. The van der Waals surface area contributed by atoms with Crippen molar-refractivity contribution in [2.75, 3.05) is 33.2 Å². The second kappa shape index (κ2) is 7.25. The summed E-state index contributed by atoms with van der Waals surface area (Å²) < 4.78 is 0. The molecule has 0 radical (unpaired) electrons. The maximum Gasteiger partial charge on any atom is 0.229 e. The smallest absolute Gasteiger partial charge is 0.229 e. The number of amides is 1. The summed E-state index contributed by atoms with van der Waals surface area (Å²) in [7, 11) is 1.93. The van der Waals surface area contributed by atoms with Gasteiger partial charge in [0.2, 0.25) is 5.91 Å². The van der Waals surface area contributed by atoms with Crippen LogP contribution < -0.4 is 5.73 Å². The van der Waals surface area contributed by atoms with Gasteiger partial charge in [0, 0.05) is 26.2 Å². The zero-order valence-corrected chi connectivity index (χ0v) is 13.1. The summed E-state index contributed by atoms with van der Waals surface area (Å²) in [5.41, 5.74) is 5.51. The third-order valence-corrected chi connectivity index (χ3v) is 4.93. The summed E-state index contributed by atoms with van der Waals surface area (Å²) >= 11 is 0. The highest BCUT2D eigenvalue weighted by atomic mass is 16.2. The minimum absolute atomic E-state index is 0.225. The van der Waals surface area contributed by atoms with Crippen molar-refractivity contribution in [2.45, 2.75) is 52.5 Å². The fraction of sp³-hybridized carbons (Fsp3) is 0.933. The highest BCUT2D eigenvalue weighted by Gasteiger charge is 2.37. The van der Waals surface area contributed by atoms with Crippen molar-refractivity contribution in [1.82, 2.24) is 9.80 Å². The van der Waals surface area contributed by atoms with Crippen LogP contribution in [0.25, 0.3) is 0 Å². The number of nitrogens with two attached hydrogens (primary N) is 1. The van der Waals surface area contributed by atoms with Crippen molar-refractivity contribution in [3.05, 3.63) is 0 Å². The van der Waals surface area contributed by atoms with Crippen LogP contribution in [0.1, 0.15) is 46.5 Å². The Morgan fingerprint density at radius 3 is 2.47 bits per heavy atom. The third-order valence-electron chi connectivity index (χ3n) is 4.93. The van der Waals surface area contributed by atoms with E-state index in [1.54, 1.807) is 0 Å². The minimum Gasteiger partial charge on any atom is -0.344 e. The van der Waals surface area contributed by atoms with Crippen molar-refractivity contribution in [3.63, 3.8) is 0 Å². The van der Waals surface area contributed by atoms with Crippen LogP contribution in [0.5, 0.6) is 0 Å². The van der Waals surface area contributed by atoms with Crippen LogP contribution in [-0.2, 0) is 4.79 Å². The molecule has 0 aromatic heterocycles. The molecule has 2 N–H and O–H groups in total. The van der Waals surface area contributed by atoms with Gasteiger partial charge in [-0.1, -0.05) is 20.8 Å². The van der Waals surface area contributed by atoms with Crippen LogP contribution in [0.2, 0.25) is 0 Å². The average Bonchev–Trinajstić information content (AvgIpc) is 2.88. The lowest BCUT2D eigenvalue weighted by molar-refractivity contribution is -0.141. The van der Waals surface area contributed by atoms with Gasteiger partial charge >= 0.3 is 0 Å². The number of likely N-dealkylation sites (tertiary alicyclic amines) is 1. The monoisotopic (exact) mass is 269 g/mol. The Morgan fingerprint density at radius 2 is 2.00 bits per heavy atom. The van der Waals surface area contributed by atoms with E-state index < -0.39 is 0 Å². The predicted molar refractivity (Wildman–Crippen MR) is 80.0 cm³/mol. The molecule has 19 heavy (non-hydrogen) atoms. The van der Waals surface area contributed by atoms with Crippen LogP contribution in [0, 0.1) is 5.41 Å². The number of carbonyl (C=O) groups excluding carboxylic acids is 1. The van der Waals surface area contributed by atoms with Gasteiger partial charge in [-0.05, 0) is 38.8 Å². The number of nitrogens with zero attached hydrogens (tertiary/aromatic N) is 2. The fourth-order valence-electron chi connectivity index (χ4n) is 3.25. The molecule has 1 unspecified atom stereocenters. The van der Waals surface area contributed by atoms with Gasteiger partial charge in [0.25, 0.3) is 0 Å². The van der Waals surface area contributed by atoms with Crippen molar-refractivity contribution in [1.29, 1.82) is 0 Å². The molecule has 1 fully saturated rings. The lowest BCUT2D eigenvalue weighted by Crippen LogP contribution is -2.49. The molecule has 1 aliphatic rings. The van der Waals surface area contributed by atoms with Gasteiger partial charge in [0.15, 0.2) is 0 Å². The number of hydrogen-bond donors (Lipinski definition) is 1. The van der Waals surface area contributed by atoms with Crippen LogP contribution in [0.3, 0.4) is 0 Å². The van der Waals surface area contributed by atoms with Crippen molar-refractivity contribution in [3.8, 4) is 0 Å². The fourth-order valence-corrected chi connectivity index (χ4v) is 3.25. The molecule has 112 valence electrons. The number of rotatable bonds is 7. The normalized spacial score (nSPS) is 20.8. The average molecular weight is 269 g/mol. The Morgan fingerprint density at radius 1 is 1.37 bits per heavy atom. The number of likely N-dealkylation sites (N-methyl/N-ethyl adjacent to an activating group) is 2. The molecule has 0 spiro atoms. The molecule has 1 rings (SSSR count). The summed E-state index contributed by atoms with van der Waals surface area (Å²) in [4.78, 5) is 17.1. The first-order valence-electron chi connectivity index (χ1n) is 7.74. The Hall–Kier alpha value is -0.610. The topological polar surface area (TPSA) is 49.6 Å².